The van der Waals surface area contributed by atoms with Crippen LogP contribution in [0.4, 0.5) is 0 Å². The van der Waals surface area contributed by atoms with Crippen molar-refractivity contribution in [2.45, 2.75) is 32.1 Å². The molecule has 0 aromatic heterocycles. The number of likely N-dealkylation sites (tertiary alicyclic amines) is 1. The molecule has 0 bridgehead atoms. The summed E-state index contributed by atoms with van der Waals surface area (Å²) in [6, 6.07) is 0. The molecule has 0 amide bonds. The highest BCUT2D eigenvalue weighted by molar-refractivity contribution is 7.86. The van der Waals surface area contributed by atoms with Gasteiger partial charge in [0.05, 0.1) is 0 Å². The summed E-state index contributed by atoms with van der Waals surface area (Å²) in [4.78, 5) is 2.40. The highest BCUT2D eigenvalue weighted by atomic mass is 32.2. The molecule has 2 aliphatic rings. The van der Waals surface area contributed by atoms with Gasteiger partial charge in [-0.25, -0.2) is 0 Å². The van der Waals surface area contributed by atoms with E-state index >= 15 is 0 Å². The molecule has 0 aromatic rings. The van der Waals surface area contributed by atoms with Gasteiger partial charge < -0.3 is 4.90 Å². The quantitative estimate of drug-likeness (QED) is 0.761. The molecule has 2 fully saturated rings. The second kappa shape index (κ2) is 5.68. The van der Waals surface area contributed by atoms with Crippen molar-refractivity contribution in [3.8, 4) is 0 Å². The number of rotatable bonds is 2. The molecule has 0 unspecified atom stereocenters. The molecule has 2 aliphatic heterocycles. The highest BCUT2D eigenvalue weighted by Gasteiger charge is 2.39. The molecule has 2 heterocycles. The van der Waals surface area contributed by atoms with Crippen molar-refractivity contribution in [2.75, 3.05) is 47.3 Å². The van der Waals surface area contributed by atoms with Gasteiger partial charge in [0.1, 0.15) is 0 Å². The first kappa shape index (κ1) is 15.2. The van der Waals surface area contributed by atoms with Crippen molar-refractivity contribution >= 4 is 10.2 Å². The molecule has 19 heavy (non-hydrogen) atoms. The van der Waals surface area contributed by atoms with Gasteiger partial charge in [0, 0.05) is 27.2 Å². The van der Waals surface area contributed by atoms with E-state index in [2.05, 4.69) is 11.9 Å². The summed E-state index contributed by atoms with van der Waals surface area (Å²) < 4.78 is 27.2. The van der Waals surface area contributed by atoms with Gasteiger partial charge in [0.25, 0.3) is 10.2 Å². The third-order valence-electron chi connectivity index (χ3n) is 4.84. The minimum atomic E-state index is -3.22. The van der Waals surface area contributed by atoms with E-state index in [-0.39, 0.29) is 0 Å². The zero-order chi connectivity index (χ0) is 14.1. The minimum absolute atomic E-state index is 0.392. The van der Waals surface area contributed by atoms with Crippen molar-refractivity contribution in [3.63, 3.8) is 0 Å². The van der Waals surface area contributed by atoms with Crippen LogP contribution in [0.2, 0.25) is 0 Å². The SMILES string of the molecule is CN1CCCC2(CC1)CCN(S(=O)(=O)N(C)C)CC2. The summed E-state index contributed by atoms with van der Waals surface area (Å²) in [5.41, 5.74) is 0.392. The summed E-state index contributed by atoms with van der Waals surface area (Å²) in [5.74, 6) is 0. The molecule has 0 N–H and O–H groups in total. The molecule has 6 heteroatoms. The van der Waals surface area contributed by atoms with Crippen LogP contribution in [0.15, 0.2) is 0 Å². The van der Waals surface area contributed by atoms with Crippen LogP contribution in [0.5, 0.6) is 0 Å². The first-order valence-corrected chi connectivity index (χ1v) is 8.62. The monoisotopic (exact) mass is 289 g/mol. The Bertz CT molecular complexity index is 400. The number of nitrogens with zero attached hydrogens (tertiary/aromatic N) is 3. The summed E-state index contributed by atoms with van der Waals surface area (Å²) in [6.07, 6.45) is 5.77. The maximum absolute atomic E-state index is 12.1. The molecular weight excluding hydrogens is 262 g/mol. The van der Waals surface area contributed by atoms with E-state index in [1.165, 1.54) is 30.1 Å². The van der Waals surface area contributed by atoms with E-state index < -0.39 is 10.2 Å². The largest absolute Gasteiger partial charge is 0.306 e. The van der Waals surface area contributed by atoms with Crippen molar-refractivity contribution in [3.05, 3.63) is 0 Å². The lowest BCUT2D eigenvalue weighted by atomic mass is 9.73. The molecule has 5 nitrogen and oxygen atoms in total. The Morgan fingerprint density at radius 3 is 2.11 bits per heavy atom. The fourth-order valence-electron chi connectivity index (χ4n) is 3.31. The molecule has 2 rings (SSSR count). The zero-order valence-corrected chi connectivity index (χ0v) is 13.2. The molecule has 0 atom stereocenters. The Morgan fingerprint density at radius 2 is 1.53 bits per heavy atom. The molecule has 0 aromatic carbocycles. The van der Waals surface area contributed by atoms with Crippen molar-refractivity contribution in [2.24, 2.45) is 5.41 Å². The smallest absolute Gasteiger partial charge is 0.281 e. The van der Waals surface area contributed by atoms with Crippen molar-refractivity contribution < 1.29 is 8.42 Å². The molecule has 0 radical (unpaired) electrons. The lowest BCUT2D eigenvalue weighted by Gasteiger charge is -2.41. The maximum Gasteiger partial charge on any atom is 0.281 e. The Kier molecular flexibility index (Phi) is 4.55. The van der Waals surface area contributed by atoms with Crippen LogP contribution in [0.1, 0.15) is 32.1 Å². The summed E-state index contributed by atoms with van der Waals surface area (Å²) in [6.45, 7) is 3.70. The van der Waals surface area contributed by atoms with Gasteiger partial charge in [0.15, 0.2) is 0 Å². The van der Waals surface area contributed by atoms with E-state index in [4.69, 9.17) is 0 Å². The second-order valence-electron chi connectivity index (χ2n) is 6.35. The Morgan fingerprint density at radius 1 is 0.947 bits per heavy atom. The summed E-state index contributed by atoms with van der Waals surface area (Å²) in [5, 5.41) is 0. The van der Waals surface area contributed by atoms with E-state index in [0.717, 1.165) is 19.4 Å². The van der Waals surface area contributed by atoms with Crippen LogP contribution in [0, 0.1) is 5.41 Å². The van der Waals surface area contributed by atoms with Gasteiger partial charge in [-0.3, -0.25) is 0 Å². The van der Waals surface area contributed by atoms with Crippen molar-refractivity contribution in [1.82, 2.24) is 13.5 Å². The van der Waals surface area contributed by atoms with Crippen LogP contribution < -0.4 is 0 Å². The Hall–Kier alpha value is -0.170. The van der Waals surface area contributed by atoms with Gasteiger partial charge in [-0.1, -0.05) is 0 Å². The Balaban J connectivity index is 1.99. The van der Waals surface area contributed by atoms with Gasteiger partial charge in [-0.15, -0.1) is 0 Å². The molecule has 0 saturated carbocycles. The predicted molar refractivity (Wildman–Crippen MR) is 77.2 cm³/mol. The third kappa shape index (κ3) is 3.29. The van der Waals surface area contributed by atoms with E-state index in [1.807, 2.05) is 0 Å². The average Bonchev–Trinajstić information content (AvgIpc) is 2.53. The van der Waals surface area contributed by atoms with Crippen LogP contribution in [0.25, 0.3) is 0 Å². The highest BCUT2D eigenvalue weighted by Crippen LogP contribution is 2.41. The standard InChI is InChI=1S/C13H27N3O2S/c1-14(2)19(17,18)16-11-7-13(8-12-16)5-4-9-15(3)10-6-13/h4-12H2,1-3H3. The van der Waals surface area contributed by atoms with Gasteiger partial charge in [-0.2, -0.15) is 17.0 Å². The van der Waals surface area contributed by atoms with Crippen LogP contribution >= 0.6 is 0 Å². The van der Waals surface area contributed by atoms with Gasteiger partial charge in [-0.05, 0) is 57.7 Å². The zero-order valence-electron chi connectivity index (χ0n) is 12.4. The maximum atomic E-state index is 12.1. The Labute approximate surface area is 117 Å². The predicted octanol–water partition coefficient (Wildman–Crippen LogP) is 0.991. The molecule has 0 aliphatic carbocycles. The fourth-order valence-corrected chi connectivity index (χ4v) is 4.42. The fraction of sp³-hybridized carbons (Fsp3) is 1.00. The topological polar surface area (TPSA) is 43.9 Å². The molecular formula is C13H27N3O2S. The van der Waals surface area contributed by atoms with Gasteiger partial charge >= 0.3 is 0 Å². The number of hydrogen-bond donors (Lipinski definition) is 0. The molecule has 2 saturated heterocycles. The van der Waals surface area contributed by atoms with Crippen molar-refractivity contribution in [1.29, 1.82) is 0 Å². The summed E-state index contributed by atoms with van der Waals surface area (Å²) >= 11 is 0. The first-order valence-electron chi connectivity index (χ1n) is 7.22. The summed E-state index contributed by atoms with van der Waals surface area (Å²) in [7, 11) is 2.19. The lowest BCUT2D eigenvalue weighted by molar-refractivity contribution is 0.129. The normalized spacial score (nSPS) is 26.7. The number of hydrogen-bond acceptors (Lipinski definition) is 3. The molecule has 112 valence electrons. The average molecular weight is 289 g/mol. The first-order chi connectivity index (χ1) is 8.86. The van der Waals surface area contributed by atoms with Crippen LogP contribution in [-0.4, -0.2) is 69.3 Å². The third-order valence-corrected chi connectivity index (χ3v) is 6.78. The minimum Gasteiger partial charge on any atom is -0.306 e. The lowest BCUT2D eigenvalue weighted by Crippen LogP contribution is -2.47. The molecule has 1 spiro atoms. The van der Waals surface area contributed by atoms with E-state index in [9.17, 15) is 8.42 Å². The van der Waals surface area contributed by atoms with Crippen LogP contribution in [-0.2, 0) is 10.2 Å². The number of piperidine rings is 1. The van der Waals surface area contributed by atoms with Crippen LogP contribution in [0.3, 0.4) is 0 Å². The van der Waals surface area contributed by atoms with Gasteiger partial charge in [0.2, 0.25) is 0 Å². The van der Waals surface area contributed by atoms with E-state index in [0.29, 0.717) is 18.5 Å². The van der Waals surface area contributed by atoms with E-state index in [1.54, 1.807) is 18.4 Å². The second-order valence-corrected chi connectivity index (χ2v) is 8.49.